The number of nitrogens with zero attached hydrogens (tertiary/aromatic N) is 1. The number of nitro benzene ring substituents is 1. The van der Waals surface area contributed by atoms with Gasteiger partial charge in [0.25, 0.3) is 5.69 Å². The van der Waals surface area contributed by atoms with Gasteiger partial charge in [0.1, 0.15) is 5.92 Å². The standard InChI is InChI=1S/C27H23NO5/c1-2-33-27(30)26-24(21-12-14-23(15-13-21)28(31)32)16-22(17-25(26)29)20-10-8-19(9-11-20)18-6-4-3-5-7-18/h3-15,17,24,26H,2,16H2,1H3. The first kappa shape index (κ1) is 22.1. The maximum atomic E-state index is 13.1. The monoisotopic (exact) mass is 441 g/mol. The average Bonchev–Trinajstić information content (AvgIpc) is 2.84. The van der Waals surface area contributed by atoms with Gasteiger partial charge in [0.15, 0.2) is 5.78 Å². The van der Waals surface area contributed by atoms with Gasteiger partial charge < -0.3 is 4.74 Å². The lowest BCUT2D eigenvalue weighted by Crippen LogP contribution is -2.34. The number of ketones is 1. The zero-order chi connectivity index (χ0) is 23.4. The van der Waals surface area contributed by atoms with Crippen LogP contribution in [0, 0.1) is 16.0 Å². The Hall–Kier alpha value is -4.06. The molecule has 0 amide bonds. The van der Waals surface area contributed by atoms with Gasteiger partial charge in [-0.25, -0.2) is 0 Å². The fourth-order valence-corrected chi connectivity index (χ4v) is 4.25. The van der Waals surface area contributed by atoms with E-state index in [1.165, 1.54) is 18.2 Å². The van der Waals surface area contributed by atoms with Crippen LogP contribution in [-0.2, 0) is 14.3 Å². The fraction of sp³-hybridized carbons (Fsp3) is 0.185. The van der Waals surface area contributed by atoms with Crippen LogP contribution in [0.5, 0.6) is 0 Å². The molecule has 33 heavy (non-hydrogen) atoms. The van der Waals surface area contributed by atoms with Crippen molar-refractivity contribution in [1.82, 2.24) is 0 Å². The van der Waals surface area contributed by atoms with Gasteiger partial charge in [-0.05, 0) is 47.2 Å². The molecule has 6 heteroatoms. The molecule has 2 unspecified atom stereocenters. The Morgan fingerprint density at radius 1 is 0.939 bits per heavy atom. The summed E-state index contributed by atoms with van der Waals surface area (Å²) >= 11 is 0. The Kier molecular flexibility index (Phi) is 6.45. The minimum atomic E-state index is -0.973. The quantitative estimate of drug-likeness (QED) is 0.216. The number of rotatable bonds is 6. The van der Waals surface area contributed by atoms with Crippen molar-refractivity contribution in [3.8, 4) is 11.1 Å². The molecule has 0 saturated heterocycles. The van der Waals surface area contributed by atoms with Crippen LogP contribution in [-0.4, -0.2) is 23.3 Å². The third-order valence-corrected chi connectivity index (χ3v) is 5.90. The molecule has 4 rings (SSSR count). The molecule has 0 fully saturated rings. The van der Waals surface area contributed by atoms with E-state index in [2.05, 4.69) is 0 Å². The molecule has 0 radical (unpaired) electrons. The van der Waals surface area contributed by atoms with Crippen LogP contribution >= 0.6 is 0 Å². The molecule has 1 aliphatic carbocycles. The van der Waals surface area contributed by atoms with Crippen LogP contribution < -0.4 is 0 Å². The maximum Gasteiger partial charge on any atom is 0.317 e. The second-order valence-electron chi connectivity index (χ2n) is 7.90. The second kappa shape index (κ2) is 9.61. The van der Waals surface area contributed by atoms with E-state index in [1.54, 1.807) is 19.1 Å². The molecular formula is C27H23NO5. The maximum absolute atomic E-state index is 13.1. The zero-order valence-electron chi connectivity index (χ0n) is 18.1. The van der Waals surface area contributed by atoms with E-state index >= 15 is 0 Å². The van der Waals surface area contributed by atoms with Crippen LogP contribution in [0.25, 0.3) is 16.7 Å². The average molecular weight is 441 g/mol. The molecule has 3 aromatic carbocycles. The summed E-state index contributed by atoms with van der Waals surface area (Å²) < 4.78 is 5.17. The van der Waals surface area contributed by atoms with E-state index in [0.29, 0.717) is 12.0 Å². The van der Waals surface area contributed by atoms with Gasteiger partial charge in [0, 0.05) is 18.1 Å². The number of hydrogen-bond acceptors (Lipinski definition) is 5. The molecule has 6 nitrogen and oxygen atoms in total. The summed E-state index contributed by atoms with van der Waals surface area (Å²) in [6.45, 7) is 1.87. The molecule has 2 atom stereocenters. The van der Waals surface area contributed by atoms with Crippen molar-refractivity contribution in [2.75, 3.05) is 6.61 Å². The zero-order valence-corrected chi connectivity index (χ0v) is 18.1. The summed E-state index contributed by atoms with van der Waals surface area (Å²) in [6.07, 6.45) is 1.97. The van der Waals surface area contributed by atoms with Crippen LogP contribution in [0.4, 0.5) is 5.69 Å². The van der Waals surface area contributed by atoms with E-state index in [1.807, 2.05) is 54.6 Å². The third-order valence-electron chi connectivity index (χ3n) is 5.90. The molecule has 0 aromatic heterocycles. The molecule has 0 aliphatic heterocycles. The number of esters is 1. The number of non-ortho nitro benzene ring substituents is 1. The number of ether oxygens (including phenoxy) is 1. The van der Waals surface area contributed by atoms with E-state index in [0.717, 1.165) is 22.3 Å². The Morgan fingerprint density at radius 2 is 1.55 bits per heavy atom. The lowest BCUT2D eigenvalue weighted by Gasteiger charge is -2.29. The van der Waals surface area contributed by atoms with Crippen molar-refractivity contribution in [3.05, 3.63) is 106 Å². The molecule has 0 spiro atoms. The highest BCUT2D eigenvalue weighted by Crippen LogP contribution is 2.41. The van der Waals surface area contributed by atoms with Crippen LogP contribution in [0.15, 0.2) is 84.9 Å². The number of hydrogen-bond donors (Lipinski definition) is 0. The molecule has 166 valence electrons. The number of carbonyl (C=O) groups is 2. The van der Waals surface area contributed by atoms with Gasteiger partial charge in [0.05, 0.1) is 11.5 Å². The summed E-state index contributed by atoms with van der Waals surface area (Å²) in [6, 6.07) is 24.0. The Morgan fingerprint density at radius 3 is 2.15 bits per heavy atom. The van der Waals surface area contributed by atoms with Crippen molar-refractivity contribution in [2.45, 2.75) is 19.3 Å². The Bertz CT molecular complexity index is 1200. The lowest BCUT2D eigenvalue weighted by molar-refractivity contribution is -0.384. The molecule has 3 aromatic rings. The normalized spacial score (nSPS) is 17.8. The van der Waals surface area contributed by atoms with Gasteiger partial charge in [0.2, 0.25) is 0 Å². The van der Waals surface area contributed by atoms with Crippen molar-refractivity contribution in [2.24, 2.45) is 5.92 Å². The van der Waals surface area contributed by atoms with Gasteiger partial charge in [-0.15, -0.1) is 0 Å². The predicted molar refractivity (Wildman–Crippen MR) is 125 cm³/mol. The third kappa shape index (κ3) is 4.75. The summed E-state index contributed by atoms with van der Waals surface area (Å²) in [7, 11) is 0. The molecular weight excluding hydrogens is 418 g/mol. The second-order valence-corrected chi connectivity index (χ2v) is 7.90. The molecule has 0 N–H and O–H groups in total. The number of nitro groups is 1. The first-order valence-corrected chi connectivity index (χ1v) is 10.8. The number of carbonyl (C=O) groups excluding carboxylic acids is 2. The minimum absolute atomic E-state index is 0.0409. The van der Waals surface area contributed by atoms with Crippen molar-refractivity contribution in [1.29, 1.82) is 0 Å². The first-order chi connectivity index (χ1) is 16.0. The Labute approximate surface area is 191 Å². The van der Waals surface area contributed by atoms with Crippen molar-refractivity contribution < 1.29 is 19.2 Å². The van der Waals surface area contributed by atoms with Gasteiger partial charge in [-0.3, -0.25) is 19.7 Å². The molecule has 0 saturated carbocycles. The summed E-state index contributed by atoms with van der Waals surface area (Å²) in [5, 5.41) is 11.0. The first-order valence-electron chi connectivity index (χ1n) is 10.8. The van der Waals surface area contributed by atoms with E-state index in [9.17, 15) is 19.7 Å². The van der Waals surface area contributed by atoms with Crippen LogP contribution in [0.1, 0.15) is 30.4 Å². The topological polar surface area (TPSA) is 86.5 Å². The van der Waals surface area contributed by atoms with E-state index in [4.69, 9.17) is 4.74 Å². The van der Waals surface area contributed by atoms with E-state index in [-0.39, 0.29) is 18.1 Å². The number of benzene rings is 3. The van der Waals surface area contributed by atoms with Gasteiger partial charge in [-0.1, -0.05) is 66.7 Å². The molecule has 1 aliphatic rings. The minimum Gasteiger partial charge on any atom is -0.465 e. The van der Waals surface area contributed by atoms with Crippen molar-refractivity contribution >= 4 is 23.0 Å². The van der Waals surface area contributed by atoms with Gasteiger partial charge in [-0.2, -0.15) is 0 Å². The lowest BCUT2D eigenvalue weighted by atomic mass is 9.73. The highest BCUT2D eigenvalue weighted by Gasteiger charge is 2.39. The predicted octanol–water partition coefficient (Wildman–Crippen LogP) is 5.58. The summed E-state index contributed by atoms with van der Waals surface area (Å²) in [4.78, 5) is 36.2. The molecule has 0 heterocycles. The van der Waals surface area contributed by atoms with Crippen molar-refractivity contribution in [3.63, 3.8) is 0 Å². The Balaban J connectivity index is 1.67. The number of allylic oxidation sites excluding steroid dienone is 2. The SMILES string of the molecule is CCOC(=O)C1C(=O)C=C(c2ccc(-c3ccccc3)cc2)CC1c1ccc([N+](=O)[O-])cc1. The largest absolute Gasteiger partial charge is 0.465 e. The molecule has 0 bridgehead atoms. The smallest absolute Gasteiger partial charge is 0.317 e. The van der Waals surface area contributed by atoms with Crippen LogP contribution in [0.2, 0.25) is 0 Å². The fourth-order valence-electron chi connectivity index (χ4n) is 4.25. The summed E-state index contributed by atoms with van der Waals surface area (Å²) in [5.74, 6) is -2.32. The highest BCUT2D eigenvalue weighted by atomic mass is 16.6. The highest BCUT2D eigenvalue weighted by molar-refractivity contribution is 6.10. The van der Waals surface area contributed by atoms with Crippen LogP contribution in [0.3, 0.4) is 0 Å². The van der Waals surface area contributed by atoms with E-state index < -0.39 is 22.7 Å². The van der Waals surface area contributed by atoms with Gasteiger partial charge >= 0.3 is 5.97 Å². The summed E-state index contributed by atoms with van der Waals surface area (Å²) in [5.41, 5.74) is 4.54.